The predicted molar refractivity (Wildman–Crippen MR) is 67.1 cm³/mol. The lowest BCUT2D eigenvalue weighted by molar-refractivity contribution is 0.0514. The van der Waals surface area contributed by atoms with Crippen LogP contribution < -0.4 is 0 Å². The van der Waals surface area contributed by atoms with Crippen molar-refractivity contribution in [1.82, 2.24) is 0 Å². The molecule has 1 aromatic rings. The largest absolute Gasteiger partial charge is 0.396 e. The van der Waals surface area contributed by atoms with E-state index in [4.69, 9.17) is 23.2 Å². The number of rotatable bonds is 5. The van der Waals surface area contributed by atoms with Gasteiger partial charge in [-0.25, -0.2) is 0 Å². The summed E-state index contributed by atoms with van der Waals surface area (Å²) in [5.41, 5.74) is 0.341. The number of hydrogen-bond donors (Lipinski definition) is 2. The minimum atomic E-state index is -0.520. The lowest BCUT2D eigenvalue weighted by atomic mass is 9.81. The van der Waals surface area contributed by atoms with Crippen molar-refractivity contribution in [3.63, 3.8) is 0 Å². The maximum absolute atomic E-state index is 9.36. The molecule has 0 fully saturated rings. The SMILES string of the molecule is CCC(CO)(CO)Cc1cccc(Cl)c1Cl. The summed E-state index contributed by atoms with van der Waals surface area (Å²) in [6.45, 7) is 1.80. The minimum Gasteiger partial charge on any atom is -0.396 e. The van der Waals surface area contributed by atoms with Crippen LogP contribution in [-0.4, -0.2) is 23.4 Å². The van der Waals surface area contributed by atoms with Crippen LogP contribution >= 0.6 is 23.2 Å². The summed E-state index contributed by atoms with van der Waals surface area (Å²) >= 11 is 12.0. The van der Waals surface area contributed by atoms with Crippen molar-refractivity contribution in [2.75, 3.05) is 13.2 Å². The second kappa shape index (κ2) is 5.87. The van der Waals surface area contributed by atoms with Gasteiger partial charge in [0.25, 0.3) is 0 Å². The fourth-order valence-electron chi connectivity index (χ4n) is 1.60. The summed E-state index contributed by atoms with van der Waals surface area (Å²) in [7, 11) is 0. The fraction of sp³-hybridized carbons (Fsp3) is 0.500. The van der Waals surface area contributed by atoms with E-state index in [0.29, 0.717) is 22.9 Å². The highest BCUT2D eigenvalue weighted by atomic mass is 35.5. The zero-order chi connectivity index (χ0) is 12.2. The number of aliphatic hydroxyl groups excluding tert-OH is 2. The average molecular weight is 263 g/mol. The highest BCUT2D eigenvalue weighted by Crippen LogP contribution is 2.32. The Balaban J connectivity index is 2.98. The van der Waals surface area contributed by atoms with Crippen LogP contribution in [0.4, 0.5) is 0 Å². The quantitative estimate of drug-likeness (QED) is 0.857. The second-order valence-electron chi connectivity index (χ2n) is 4.06. The first-order valence-corrected chi connectivity index (χ1v) is 5.99. The molecule has 1 aromatic carbocycles. The number of hydrogen-bond acceptors (Lipinski definition) is 2. The van der Waals surface area contributed by atoms with Crippen LogP contribution in [0.3, 0.4) is 0 Å². The van der Waals surface area contributed by atoms with Crippen LogP contribution in [0, 0.1) is 5.41 Å². The molecule has 2 N–H and O–H groups in total. The van der Waals surface area contributed by atoms with Crippen molar-refractivity contribution in [3.05, 3.63) is 33.8 Å². The Morgan fingerprint density at radius 1 is 1.19 bits per heavy atom. The van der Waals surface area contributed by atoms with Crippen LogP contribution in [-0.2, 0) is 6.42 Å². The van der Waals surface area contributed by atoms with E-state index < -0.39 is 5.41 Å². The van der Waals surface area contributed by atoms with Crippen molar-refractivity contribution in [2.24, 2.45) is 5.41 Å². The van der Waals surface area contributed by atoms with Gasteiger partial charge < -0.3 is 10.2 Å². The molecule has 16 heavy (non-hydrogen) atoms. The summed E-state index contributed by atoms with van der Waals surface area (Å²) in [4.78, 5) is 0. The molecule has 0 aliphatic rings. The van der Waals surface area contributed by atoms with Crippen molar-refractivity contribution in [2.45, 2.75) is 19.8 Å². The van der Waals surface area contributed by atoms with E-state index in [1.165, 1.54) is 0 Å². The predicted octanol–water partition coefficient (Wildman–Crippen LogP) is 2.92. The summed E-state index contributed by atoms with van der Waals surface area (Å²) < 4.78 is 0. The maximum atomic E-state index is 9.36. The first kappa shape index (κ1) is 13.8. The van der Waals surface area contributed by atoms with Gasteiger partial charge in [0.15, 0.2) is 0 Å². The molecular weight excluding hydrogens is 247 g/mol. The minimum absolute atomic E-state index is 0.0666. The average Bonchev–Trinajstić information content (AvgIpc) is 2.32. The highest BCUT2D eigenvalue weighted by molar-refractivity contribution is 6.42. The van der Waals surface area contributed by atoms with E-state index in [-0.39, 0.29) is 13.2 Å². The summed E-state index contributed by atoms with van der Waals surface area (Å²) in [6.07, 6.45) is 1.21. The first-order valence-electron chi connectivity index (χ1n) is 5.23. The molecule has 0 unspecified atom stereocenters. The van der Waals surface area contributed by atoms with Gasteiger partial charge in [-0.2, -0.15) is 0 Å². The highest BCUT2D eigenvalue weighted by Gasteiger charge is 2.28. The molecule has 0 heterocycles. The van der Waals surface area contributed by atoms with Crippen molar-refractivity contribution >= 4 is 23.2 Å². The van der Waals surface area contributed by atoms with Gasteiger partial charge in [0.05, 0.1) is 23.3 Å². The van der Waals surface area contributed by atoms with E-state index in [1.807, 2.05) is 19.1 Å². The van der Waals surface area contributed by atoms with Gasteiger partial charge in [-0.05, 0) is 24.5 Å². The Morgan fingerprint density at radius 3 is 2.31 bits per heavy atom. The molecule has 0 aromatic heterocycles. The maximum Gasteiger partial charge on any atom is 0.0624 e. The zero-order valence-electron chi connectivity index (χ0n) is 9.21. The molecule has 2 nitrogen and oxygen atoms in total. The van der Waals surface area contributed by atoms with Gasteiger partial charge in [0.2, 0.25) is 0 Å². The van der Waals surface area contributed by atoms with E-state index >= 15 is 0 Å². The van der Waals surface area contributed by atoms with E-state index in [2.05, 4.69) is 0 Å². The molecule has 0 atom stereocenters. The van der Waals surface area contributed by atoms with Gasteiger partial charge in [-0.3, -0.25) is 0 Å². The third kappa shape index (κ3) is 2.89. The standard InChI is InChI=1S/C12H16Cl2O2/c1-2-12(7-15,8-16)6-9-4-3-5-10(13)11(9)14/h3-5,15-16H,2,6-8H2,1H3. The molecule has 0 radical (unpaired) electrons. The smallest absolute Gasteiger partial charge is 0.0624 e. The molecular formula is C12H16Cl2O2. The summed E-state index contributed by atoms with van der Waals surface area (Å²) in [5.74, 6) is 0. The zero-order valence-corrected chi connectivity index (χ0v) is 10.7. The Morgan fingerprint density at radius 2 is 1.81 bits per heavy atom. The molecule has 1 rings (SSSR count). The number of halogens is 2. The molecule has 0 aliphatic heterocycles. The van der Waals surface area contributed by atoms with Crippen molar-refractivity contribution in [3.8, 4) is 0 Å². The Labute approximate surface area is 106 Å². The van der Waals surface area contributed by atoms with Crippen LogP contribution in [0.5, 0.6) is 0 Å². The molecule has 0 spiro atoms. The van der Waals surface area contributed by atoms with Crippen LogP contribution in [0.25, 0.3) is 0 Å². The van der Waals surface area contributed by atoms with Gasteiger partial charge in [0.1, 0.15) is 0 Å². The molecule has 0 saturated carbocycles. The lowest BCUT2D eigenvalue weighted by Crippen LogP contribution is -2.31. The topological polar surface area (TPSA) is 40.5 Å². The monoisotopic (exact) mass is 262 g/mol. The van der Waals surface area contributed by atoms with Crippen molar-refractivity contribution < 1.29 is 10.2 Å². The fourth-order valence-corrected chi connectivity index (χ4v) is 1.99. The Kier molecular flexibility index (Phi) is 5.06. The molecule has 0 bridgehead atoms. The van der Waals surface area contributed by atoms with Gasteiger partial charge in [-0.15, -0.1) is 0 Å². The third-order valence-corrected chi connectivity index (χ3v) is 3.88. The van der Waals surface area contributed by atoms with E-state index in [9.17, 15) is 10.2 Å². The normalized spacial score (nSPS) is 11.8. The lowest BCUT2D eigenvalue weighted by Gasteiger charge is -2.28. The Bertz CT molecular complexity index is 341. The molecule has 4 heteroatoms. The van der Waals surface area contributed by atoms with E-state index in [1.54, 1.807) is 6.07 Å². The third-order valence-electron chi connectivity index (χ3n) is 3.02. The van der Waals surface area contributed by atoms with Gasteiger partial charge >= 0.3 is 0 Å². The summed E-state index contributed by atoms with van der Waals surface area (Å²) in [6, 6.07) is 5.40. The molecule has 0 aliphatic carbocycles. The first-order chi connectivity index (χ1) is 7.58. The van der Waals surface area contributed by atoms with Crippen LogP contribution in [0.1, 0.15) is 18.9 Å². The van der Waals surface area contributed by atoms with Gasteiger partial charge in [0, 0.05) is 5.41 Å². The summed E-state index contributed by atoms with van der Waals surface area (Å²) in [5, 5.41) is 19.7. The molecule has 90 valence electrons. The van der Waals surface area contributed by atoms with Crippen LogP contribution in [0.15, 0.2) is 18.2 Å². The van der Waals surface area contributed by atoms with E-state index in [0.717, 1.165) is 5.56 Å². The number of benzene rings is 1. The molecule has 0 amide bonds. The Hall–Kier alpha value is -0.280. The van der Waals surface area contributed by atoms with Gasteiger partial charge in [-0.1, -0.05) is 42.3 Å². The van der Waals surface area contributed by atoms with Crippen molar-refractivity contribution in [1.29, 1.82) is 0 Å². The second-order valence-corrected chi connectivity index (χ2v) is 4.84. The van der Waals surface area contributed by atoms with Crippen LogP contribution in [0.2, 0.25) is 10.0 Å². The molecule has 0 saturated heterocycles. The number of aliphatic hydroxyl groups is 2.